The summed E-state index contributed by atoms with van der Waals surface area (Å²) >= 11 is 0. The third-order valence-corrected chi connectivity index (χ3v) is 4.44. The number of hydrogen-bond donors (Lipinski definition) is 2. The molecule has 0 aromatic heterocycles. The maximum atomic E-state index is 12.8. The van der Waals surface area contributed by atoms with E-state index in [2.05, 4.69) is 20.3 Å². The Hall–Kier alpha value is -2.78. The first-order valence-corrected chi connectivity index (χ1v) is 7.61. The number of carbonyl (C=O) groups excluding carboxylic acids is 4. The number of hydrazone groups is 1. The Balaban J connectivity index is 1.85. The zero-order chi connectivity index (χ0) is 17.4. The Morgan fingerprint density at radius 1 is 1.29 bits per heavy atom. The van der Waals surface area contributed by atoms with Gasteiger partial charge in [-0.2, -0.15) is 0 Å². The lowest BCUT2D eigenvalue weighted by atomic mass is 9.85. The van der Waals surface area contributed by atoms with Crippen LogP contribution in [0.2, 0.25) is 0 Å². The van der Waals surface area contributed by atoms with E-state index in [9.17, 15) is 19.2 Å². The van der Waals surface area contributed by atoms with Crippen molar-refractivity contribution in [2.75, 3.05) is 7.11 Å². The van der Waals surface area contributed by atoms with Crippen LogP contribution in [0.25, 0.3) is 0 Å². The SMILES string of the molecule is COC(=O)C(=O)[C@H]1CCCC[C@H](C2=N[C@@H]3NN=C(N)N3C2=O)C1=O. The van der Waals surface area contributed by atoms with Crippen molar-refractivity contribution in [1.82, 2.24) is 10.3 Å². The number of ketones is 2. The molecule has 0 bridgehead atoms. The van der Waals surface area contributed by atoms with Crippen molar-refractivity contribution < 1.29 is 23.9 Å². The third-order valence-electron chi connectivity index (χ3n) is 4.44. The largest absolute Gasteiger partial charge is 0.463 e. The van der Waals surface area contributed by atoms with Gasteiger partial charge in [0.25, 0.3) is 5.91 Å². The van der Waals surface area contributed by atoms with E-state index in [1.165, 1.54) is 0 Å². The molecule has 1 amide bonds. The molecule has 3 atom stereocenters. The van der Waals surface area contributed by atoms with E-state index in [0.717, 1.165) is 12.0 Å². The number of ether oxygens (including phenoxy) is 1. The van der Waals surface area contributed by atoms with Gasteiger partial charge in [0.05, 0.1) is 18.9 Å². The molecular weight excluding hydrogens is 318 g/mol. The number of aliphatic imine (C=N–C) groups is 1. The molecule has 0 spiro atoms. The lowest BCUT2D eigenvalue weighted by molar-refractivity contribution is -0.155. The molecule has 0 unspecified atom stereocenters. The van der Waals surface area contributed by atoms with Crippen molar-refractivity contribution in [1.29, 1.82) is 0 Å². The van der Waals surface area contributed by atoms with Gasteiger partial charge in [0, 0.05) is 0 Å². The van der Waals surface area contributed by atoms with Crippen LogP contribution >= 0.6 is 0 Å². The Bertz CT molecular complexity index is 685. The van der Waals surface area contributed by atoms with E-state index in [0.29, 0.717) is 19.3 Å². The molecule has 1 fully saturated rings. The fourth-order valence-electron chi connectivity index (χ4n) is 3.21. The first-order valence-electron chi connectivity index (χ1n) is 7.61. The lowest BCUT2D eigenvalue weighted by Gasteiger charge is -2.17. The number of amides is 1. The average molecular weight is 335 g/mol. The van der Waals surface area contributed by atoms with Crippen LogP contribution in [0, 0.1) is 11.8 Å². The van der Waals surface area contributed by atoms with Gasteiger partial charge >= 0.3 is 5.97 Å². The molecule has 3 N–H and O–H groups in total. The molecule has 2 aliphatic heterocycles. The standard InChI is InChI=1S/C14H17N5O5/c1-24-12(23)10(21)7-5-3-2-4-6(9(7)20)8-11(22)19-13(15)17-18-14(19)16-8/h6-7,14,18H,2-5H2,1H3,(H2,15,17)/t6-,7+,14-/m1/s1. The molecule has 1 aliphatic carbocycles. The summed E-state index contributed by atoms with van der Waals surface area (Å²) in [6.07, 6.45) is 1.16. The second-order valence-electron chi connectivity index (χ2n) is 5.81. The highest BCUT2D eigenvalue weighted by atomic mass is 16.5. The topological polar surface area (TPSA) is 144 Å². The van der Waals surface area contributed by atoms with Gasteiger partial charge in [-0.1, -0.05) is 12.8 Å². The predicted octanol–water partition coefficient (Wildman–Crippen LogP) is -1.50. The summed E-state index contributed by atoms with van der Waals surface area (Å²) in [5.41, 5.74) is 8.26. The summed E-state index contributed by atoms with van der Waals surface area (Å²) in [5.74, 6) is -4.85. The first-order chi connectivity index (χ1) is 11.5. The minimum absolute atomic E-state index is 0.0213. The third kappa shape index (κ3) is 2.43. The number of nitrogens with one attached hydrogen (secondary N) is 1. The van der Waals surface area contributed by atoms with Crippen LogP contribution in [0.5, 0.6) is 0 Å². The number of carbonyl (C=O) groups is 4. The summed E-state index contributed by atoms with van der Waals surface area (Å²) in [6.45, 7) is 0. The highest BCUT2D eigenvalue weighted by Gasteiger charge is 2.47. The first kappa shape index (κ1) is 16.1. The van der Waals surface area contributed by atoms with E-state index < -0.39 is 41.6 Å². The Labute approximate surface area is 137 Å². The second kappa shape index (κ2) is 6.02. The normalized spacial score (nSPS) is 29.4. The lowest BCUT2D eigenvalue weighted by Crippen LogP contribution is -2.45. The van der Waals surface area contributed by atoms with Gasteiger partial charge in [0.2, 0.25) is 18.0 Å². The second-order valence-corrected chi connectivity index (χ2v) is 5.81. The number of nitrogens with zero attached hydrogens (tertiary/aromatic N) is 3. The number of fused-ring (bicyclic) bond motifs is 1. The molecule has 0 saturated heterocycles. The number of esters is 1. The molecular formula is C14H17N5O5. The van der Waals surface area contributed by atoms with Crippen LogP contribution in [-0.2, 0) is 23.9 Å². The van der Waals surface area contributed by atoms with Gasteiger partial charge in [0.15, 0.2) is 5.78 Å². The predicted molar refractivity (Wildman–Crippen MR) is 80.3 cm³/mol. The fraction of sp³-hybridized carbons (Fsp3) is 0.571. The van der Waals surface area contributed by atoms with Gasteiger partial charge < -0.3 is 10.5 Å². The average Bonchev–Trinajstić information content (AvgIpc) is 3.02. The van der Waals surface area contributed by atoms with E-state index >= 15 is 0 Å². The highest BCUT2D eigenvalue weighted by Crippen LogP contribution is 2.30. The van der Waals surface area contributed by atoms with Crippen molar-refractivity contribution in [3.63, 3.8) is 0 Å². The molecule has 24 heavy (non-hydrogen) atoms. The summed E-state index contributed by atoms with van der Waals surface area (Å²) in [5, 5.41) is 3.71. The van der Waals surface area contributed by atoms with Crippen molar-refractivity contribution in [3.8, 4) is 0 Å². The highest BCUT2D eigenvalue weighted by molar-refractivity contribution is 6.48. The zero-order valence-corrected chi connectivity index (χ0v) is 13.0. The van der Waals surface area contributed by atoms with E-state index in [4.69, 9.17) is 5.73 Å². The van der Waals surface area contributed by atoms with Crippen LogP contribution in [0.15, 0.2) is 10.1 Å². The number of hydrogen-bond acceptors (Lipinski definition) is 9. The summed E-state index contributed by atoms with van der Waals surface area (Å²) in [7, 11) is 1.09. The Morgan fingerprint density at radius 3 is 2.67 bits per heavy atom. The van der Waals surface area contributed by atoms with Crippen molar-refractivity contribution in [2.45, 2.75) is 32.0 Å². The molecule has 0 radical (unpaired) electrons. The number of Topliss-reactive ketones (excluding diaryl/α,β-unsaturated/α-hetero) is 2. The van der Waals surface area contributed by atoms with Crippen LogP contribution in [0.3, 0.4) is 0 Å². The molecule has 0 aromatic rings. The molecule has 10 heteroatoms. The number of methoxy groups -OCH3 is 1. The molecule has 3 aliphatic rings. The minimum atomic E-state index is -1.10. The molecule has 3 rings (SSSR count). The minimum Gasteiger partial charge on any atom is -0.463 e. The van der Waals surface area contributed by atoms with Crippen LogP contribution in [-0.4, -0.2) is 53.4 Å². The van der Waals surface area contributed by atoms with Gasteiger partial charge in [-0.15, -0.1) is 5.10 Å². The van der Waals surface area contributed by atoms with Crippen molar-refractivity contribution >= 4 is 35.1 Å². The fourth-order valence-corrected chi connectivity index (χ4v) is 3.21. The van der Waals surface area contributed by atoms with Gasteiger partial charge in [-0.05, 0) is 12.8 Å². The van der Waals surface area contributed by atoms with Crippen LogP contribution in [0.4, 0.5) is 0 Å². The Kier molecular flexibility index (Phi) is 4.04. The monoisotopic (exact) mass is 335 g/mol. The van der Waals surface area contributed by atoms with E-state index in [-0.39, 0.29) is 18.1 Å². The number of rotatable bonds is 3. The molecule has 10 nitrogen and oxygen atoms in total. The van der Waals surface area contributed by atoms with Gasteiger partial charge in [-0.3, -0.25) is 19.8 Å². The number of nitrogens with two attached hydrogens (primary N) is 1. The molecule has 2 heterocycles. The molecule has 0 aromatic carbocycles. The zero-order valence-electron chi connectivity index (χ0n) is 13.0. The smallest absolute Gasteiger partial charge is 0.375 e. The maximum absolute atomic E-state index is 12.8. The van der Waals surface area contributed by atoms with Crippen molar-refractivity contribution in [3.05, 3.63) is 0 Å². The van der Waals surface area contributed by atoms with E-state index in [1.807, 2.05) is 0 Å². The van der Waals surface area contributed by atoms with Crippen LogP contribution < -0.4 is 11.2 Å². The van der Waals surface area contributed by atoms with Gasteiger partial charge in [0.1, 0.15) is 5.71 Å². The maximum Gasteiger partial charge on any atom is 0.375 e. The summed E-state index contributed by atoms with van der Waals surface area (Å²) in [4.78, 5) is 54.2. The number of guanidine groups is 1. The van der Waals surface area contributed by atoms with Crippen LogP contribution in [0.1, 0.15) is 25.7 Å². The quantitative estimate of drug-likeness (QED) is 0.276. The summed E-state index contributed by atoms with van der Waals surface area (Å²) in [6, 6.07) is 0. The summed E-state index contributed by atoms with van der Waals surface area (Å²) < 4.78 is 4.42. The molecule has 128 valence electrons. The Morgan fingerprint density at radius 2 is 2.00 bits per heavy atom. The molecule has 1 saturated carbocycles. The van der Waals surface area contributed by atoms with Crippen molar-refractivity contribution in [2.24, 2.45) is 27.7 Å². The van der Waals surface area contributed by atoms with Gasteiger partial charge in [-0.25, -0.2) is 14.7 Å². The van der Waals surface area contributed by atoms with E-state index in [1.54, 1.807) is 0 Å².